The first kappa shape index (κ1) is 17.3. The summed E-state index contributed by atoms with van der Waals surface area (Å²) >= 11 is 0. The molecular weight excluding hydrogens is 157 g/mol. The van der Waals surface area contributed by atoms with Gasteiger partial charge < -0.3 is 10.0 Å². The number of carbonyl (C=O) groups excluding carboxylic acids is 1. The predicted molar refractivity (Wildman–Crippen MR) is 45.1 cm³/mol. The second-order valence-electron chi connectivity index (χ2n) is 2.20. The quantitative estimate of drug-likeness (QED) is 0.414. The summed E-state index contributed by atoms with van der Waals surface area (Å²) in [6.07, 6.45) is 0. The number of ketones is 1. The average molecular weight is 171 g/mol. The fourth-order valence-electron chi connectivity index (χ4n) is 0. The summed E-state index contributed by atoms with van der Waals surface area (Å²) in [5.74, 6) is -2.20. The van der Waals surface area contributed by atoms with E-state index in [-0.39, 0.29) is 29.6 Å². The summed E-state index contributed by atoms with van der Waals surface area (Å²) in [7, 11) is 6.00. The molecule has 0 aliphatic heterocycles. The number of hydrogen-bond donors (Lipinski definition) is 1. The molecule has 0 bridgehead atoms. The second kappa shape index (κ2) is 10.1. The van der Waals surface area contributed by atoms with Crippen molar-refractivity contribution in [3.8, 4) is 0 Å². The van der Waals surface area contributed by atoms with Crippen molar-refractivity contribution < 1.29 is 14.7 Å². The molecule has 0 fully saturated rings. The van der Waals surface area contributed by atoms with E-state index in [9.17, 15) is 9.59 Å². The van der Waals surface area contributed by atoms with Gasteiger partial charge >= 0.3 is 35.5 Å². The molecule has 5 heteroatoms. The molecule has 0 radical (unpaired) electrons. The van der Waals surface area contributed by atoms with Crippen molar-refractivity contribution in [2.75, 3.05) is 21.1 Å². The molecule has 1 N–H and O–H groups in total. The van der Waals surface area contributed by atoms with Crippen LogP contribution >= 0.6 is 0 Å². The van der Waals surface area contributed by atoms with Gasteiger partial charge in [-0.1, -0.05) is 0 Å². The molecule has 0 rings (SSSR count). The SMILES string of the molecule is CC(=O)C(=O)O.CN(C)C.[NaH]. The van der Waals surface area contributed by atoms with Crippen molar-refractivity contribution in [1.29, 1.82) is 0 Å². The van der Waals surface area contributed by atoms with E-state index < -0.39 is 11.8 Å². The van der Waals surface area contributed by atoms with Crippen LogP contribution in [-0.4, -0.2) is 72.5 Å². The molecule has 0 saturated heterocycles. The monoisotopic (exact) mass is 171 g/mol. The first-order valence-corrected chi connectivity index (χ1v) is 2.72. The van der Waals surface area contributed by atoms with Crippen LogP contribution in [0, 0.1) is 0 Å². The fraction of sp³-hybridized carbons (Fsp3) is 0.667. The van der Waals surface area contributed by atoms with Crippen molar-refractivity contribution in [3.05, 3.63) is 0 Å². The Morgan fingerprint density at radius 1 is 1.18 bits per heavy atom. The van der Waals surface area contributed by atoms with E-state index >= 15 is 0 Å². The molecule has 11 heavy (non-hydrogen) atoms. The van der Waals surface area contributed by atoms with Gasteiger partial charge in [0.25, 0.3) is 0 Å². The van der Waals surface area contributed by atoms with Crippen molar-refractivity contribution in [2.45, 2.75) is 6.92 Å². The molecule has 0 unspecified atom stereocenters. The average Bonchev–Trinajstić information content (AvgIpc) is 1.63. The Labute approximate surface area is 88.9 Å². The Morgan fingerprint density at radius 3 is 1.27 bits per heavy atom. The van der Waals surface area contributed by atoms with Crippen molar-refractivity contribution in [2.24, 2.45) is 0 Å². The fourth-order valence-corrected chi connectivity index (χ4v) is 0. The van der Waals surface area contributed by atoms with Gasteiger partial charge in [0.15, 0.2) is 0 Å². The summed E-state index contributed by atoms with van der Waals surface area (Å²) in [6.45, 7) is 1.00. The zero-order chi connectivity index (χ0) is 8.73. The van der Waals surface area contributed by atoms with Crippen LogP contribution in [0.2, 0.25) is 0 Å². The Morgan fingerprint density at radius 2 is 1.27 bits per heavy atom. The van der Waals surface area contributed by atoms with Gasteiger partial charge in [-0.15, -0.1) is 0 Å². The zero-order valence-corrected chi connectivity index (χ0v) is 6.71. The predicted octanol–water partition coefficient (Wildman–Crippen LogP) is -0.811. The molecule has 4 nitrogen and oxygen atoms in total. The van der Waals surface area contributed by atoms with Crippen LogP contribution in [-0.2, 0) is 9.59 Å². The van der Waals surface area contributed by atoms with Crippen LogP contribution in [0.25, 0.3) is 0 Å². The van der Waals surface area contributed by atoms with Crippen LogP contribution in [0.4, 0.5) is 0 Å². The topological polar surface area (TPSA) is 57.6 Å². The molecular formula is C6H14NNaO3. The van der Waals surface area contributed by atoms with E-state index in [2.05, 4.69) is 0 Å². The number of Topliss-reactive ketones (excluding diaryl/α,β-unsaturated/α-hetero) is 1. The van der Waals surface area contributed by atoms with Gasteiger partial charge in [0.1, 0.15) is 0 Å². The molecule has 0 amide bonds. The number of carboxylic acids is 1. The molecule has 0 saturated carbocycles. The molecule has 0 atom stereocenters. The van der Waals surface area contributed by atoms with Crippen LogP contribution in [0.1, 0.15) is 6.92 Å². The van der Waals surface area contributed by atoms with Gasteiger partial charge in [-0.2, -0.15) is 0 Å². The molecule has 0 heterocycles. The molecule has 0 aromatic carbocycles. The summed E-state index contributed by atoms with van der Waals surface area (Å²) in [5.41, 5.74) is 0. The summed E-state index contributed by atoms with van der Waals surface area (Å²) < 4.78 is 0. The summed E-state index contributed by atoms with van der Waals surface area (Å²) in [5, 5.41) is 7.64. The third-order valence-corrected chi connectivity index (χ3v) is 0.301. The van der Waals surface area contributed by atoms with Crippen LogP contribution in [0.5, 0.6) is 0 Å². The second-order valence-corrected chi connectivity index (χ2v) is 2.20. The van der Waals surface area contributed by atoms with Gasteiger partial charge in [-0.25, -0.2) is 4.79 Å². The Bertz CT molecular complexity index is 110. The number of aliphatic carboxylic acids is 1. The molecule has 0 spiro atoms. The summed E-state index contributed by atoms with van der Waals surface area (Å²) in [6, 6.07) is 0. The maximum atomic E-state index is 9.54. The van der Waals surface area contributed by atoms with Crippen molar-refractivity contribution >= 4 is 41.3 Å². The van der Waals surface area contributed by atoms with Crippen LogP contribution in [0.3, 0.4) is 0 Å². The van der Waals surface area contributed by atoms with E-state index in [1.54, 1.807) is 0 Å². The van der Waals surface area contributed by atoms with Gasteiger partial charge in [-0.3, -0.25) is 4.79 Å². The first-order valence-electron chi connectivity index (χ1n) is 2.72. The standard InChI is InChI=1S/C3H9N.C3H4O3.Na.H/c1-4(2)3;1-2(4)3(5)6;;/h1-3H3;1H3,(H,5,6);;. The minimum absolute atomic E-state index is 0. The van der Waals surface area contributed by atoms with E-state index in [1.165, 1.54) is 0 Å². The molecule has 0 aliphatic carbocycles. The van der Waals surface area contributed by atoms with Crippen molar-refractivity contribution in [3.63, 3.8) is 0 Å². The van der Waals surface area contributed by atoms with Crippen LogP contribution < -0.4 is 0 Å². The minimum atomic E-state index is -1.38. The zero-order valence-electron chi connectivity index (χ0n) is 6.71. The summed E-state index contributed by atoms with van der Waals surface area (Å²) in [4.78, 5) is 20.9. The number of carbonyl (C=O) groups is 2. The van der Waals surface area contributed by atoms with Crippen LogP contribution in [0.15, 0.2) is 0 Å². The Balaban J connectivity index is -0.000000114. The van der Waals surface area contributed by atoms with Gasteiger partial charge in [0.05, 0.1) is 0 Å². The molecule has 0 aromatic rings. The number of carboxylic acid groups (broad SMARTS) is 1. The van der Waals surface area contributed by atoms with Gasteiger partial charge in [0.2, 0.25) is 5.78 Å². The number of rotatable bonds is 1. The maximum absolute atomic E-state index is 9.54. The van der Waals surface area contributed by atoms with E-state index in [1.807, 2.05) is 26.0 Å². The van der Waals surface area contributed by atoms with E-state index in [0.717, 1.165) is 6.92 Å². The molecule has 62 valence electrons. The normalized spacial score (nSPS) is 7.36. The van der Waals surface area contributed by atoms with E-state index in [4.69, 9.17) is 5.11 Å². The Hall–Kier alpha value is 0.1000. The number of hydrogen-bond acceptors (Lipinski definition) is 3. The molecule has 0 aromatic heterocycles. The van der Waals surface area contributed by atoms with Gasteiger partial charge in [-0.05, 0) is 21.1 Å². The third-order valence-electron chi connectivity index (χ3n) is 0.301. The Kier molecular flexibility index (Phi) is 15.8. The van der Waals surface area contributed by atoms with Crippen molar-refractivity contribution in [1.82, 2.24) is 4.90 Å². The van der Waals surface area contributed by atoms with Gasteiger partial charge in [0, 0.05) is 6.92 Å². The number of nitrogens with zero attached hydrogens (tertiary/aromatic N) is 1. The first-order chi connectivity index (χ1) is 4.37. The van der Waals surface area contributed by atoms with E-state index in [0.29, 0.717) is 0 Å². The molecule has 0 aliphatic rings. The third kappa shape index (κ3) is 39.4.